The van der Waals surface area contributed by atoms with Crippen molar-refractivity contribution in [2.75, 3.05) is 44.6 Å². The van der Waals surface area contributed by atoms with Gasteiger partial charge in [-0.25, -0.2) is 4.98 Å². The zero-order chi connectivity index (χ0) is 30.6. The highest BCUT2D eigenvalue weighted by Gasteiger charge is 2.58. The van der Waals surface area contributed by atoms with Gasteiger partial charge in [-0.15, -0.1) is 12.4 Å². The Hall–Kier alpha value is -3.43. The van der Waals surface area contributed by atoms with Gasteiger partial charge in [0, 0.05) is 62.0 Å². The first-order chi connectivity index (χ1) is 20.5. The summed E-state index contributed by atoms with van der Waals surface area (Å²) in [7, 11) is 1.46. The van der Waals surface area contributed by atoms with Crippen molar-refractivity contribution in [3.05, 3.63) is 52.1 Å². The number of aromatic nitrogens is 4. The maximum atomic E-state index is 13.6. The van der Waals surface area contributed by atoms with Gasteiger partial charge in [0.15, 0.2) is 11.5 Å². The normalized spacial score (nSPS) is 21.1. The summed E-state index contributed by atoms with van der Waals surface area (Å²) in [5.74, 6) is 0.307. The molecule has 1 saturated carbocycles. The molecule has 0 spiro atoms. The van der Waals surface area contributed by atoms with Crippen LogP contribution in [0, 0.1) is 17.8 Å². The Kier molecular flexibility index (Phi) is 8.84. The maximum absolute atomic E-state index is 13.6. The van der Waals surface area contributed by atoms with Crippen molar-refractivity contribution in [3.8, 4) is 11.3 Å². The van der Waals surface area contributed by atoms with E-state index < -0.39 is 17.8 Å². The van der Waals surface area contributed by atoms with Gasteiger partial charge >= 0.3 is 6.18 Å². The number of carbonyl (C=O) groups excluding carboxylic acids is 3. The van der Waals surface area contributed by atoms with Crippen molar-refractivity contribution in [2.24, 2.45) is 24.8 Å². The van der Waals surface area contributed by atoms with Crippen LogP contribution < -0.4 is 10.6 Å². The molecule has 6 rings (SSSR count). The van der Waals surface area contributed by atoms with Crippen molar-refractivity contribution >= 4 is 51.7 Å². The van der Waals surface area contributed by atoms with Crippen LogP contribution in [-0.2, 0) is 24.6 Å². The molecule has 1 unspecified atom stereocenters. The third-order valence-corrected chi connectivity index (χ3v) is 9.19. The Bertz CT molecular complexity index is 1590. The first-order valence-corrected chi connectivity index (χ1v) is 14.8. The van der Waals surface area contributed by atoms with E-state index in [4.69, 9.17) is 0 Å². The van der Waals surface area contributed by atoms with Crippen LogP contribution in [0.1, 0.15) is 33.6 Å². The van der Waals surface area contributed by atoms with E-state index in [9.17, 15) is 27.6 Å². The monoisotopic (exact) mass is 698 g/mol. The Morgan fingerprint density at radius 1 is 1.09 bits per heavy atom. The molecule has 3 aromatic rings. The molecule has 0 radical (unpaired) electrons. The van der Waals surface area contributed by atoms with E-state index in [1.807, 2.05) is 4.90 Å². The second-order valence-corrected chi connectivity index (χ2v) is 11.9. The van der Waals surface area contributed by atoms with Crippen molar-refractivity contribution < 1.29 is 27.6 Å². The summed E-state index contributed by atoms with van der Waals surface area (Å²) in [5.41, 5.74) is -0.353. The van der Waals surface area contributed by atoms with E-state index in [1.165, 1.54) is 28.7 Å². The number of piperidine rings is 1. The lowest BCUT2D eigenvalue weighted by atomic mass is 10.1. The highest BCUT2D eigenvalue weighted by atomic mass is 79.9. The summed E-state index contributed by atoms with van der Waals surface area (Å²) in [4.78, 5) is 46.8. The molecule has 1 aliphatic carbocycles. The van der Waals surface area contributed by atoms with Crippen molar-refractivity contribution in [1.29, 1.82) is 0 Å². The second-order valence-electron chi connectivity index (χ2n) is 11.0. The molecule has 1 aromatic carbocycles. The number of hydrogen-bond acceptors (Lipinski definition) is 6. The molecule has 3 atom stereocenters. The third kappa shape index (κ3) is 5.84. The number of nitrogens with zero attached hydrogens (tertiary/aromatic N) is 6. The van der Waals surface area contributed by atoms with Crippen LogP contribution in [-0.4, -0.2) is 86.1 Å². The number of rotatable bonds is 6. The molecule has 2 aliphatic heterocycles. The van der Waals surface area contributed by atoms with E-state index in [-0.39, 0.29) is 53.8 Å². The number of imidazole rings is 1. The molecule has 2 aromatic heterocycles. The van der Waals surface area contributed by atoms with Crippen LogP contribution in [0.4, 0.5) is 18.9 Å². The summed E-state index contributed by atoms with van der Waals surface area (Å²) in [6.45, 7) is 5.59. The Morgan fingerprint density at radius 2 is 1.75 bits per heavy atom. The van der Waals surface area contributed by atoms with Gasteiger partial charge in [-0.3, -0.25) is 19.1 Å². The maximum Gasteiger partial charge on any atom is 0.435 e. The van der Waals surface area contributed by atoms with Crippen LogP contribution in [0.25, 0.3) is 11.3 Å². The van der Waals surface area contributed by atoms with E-state index in [0.29, 0.717) is 53.7 Å². The smallest absolute Gasteiger partial charge is 0.339 e. The van der Waals surface area contributed by atoms with Gasteiger partial charge in [0.25, 0.3) is 11.8 Å². The zero-order valence-electron chi connectivity index (χ0n) is 23.9. The molecule has 2 saturated heterocycles. The molecule has 0 bridgehead atoms. The Morgan fingerprint density at radius 3 is 2.36 bits per heavy atom. The van der Waals surface area contributed by atoms with E-state index in [1.54, 1.807) is 30.0 Å². The van der Waals surface area contributed by atoms with E-state index in [2.05, 4.69) is 36.6 Å². The van der Waals surface area contributed by atoms with Gasteiger partial charge in [0.05, 0.1) is 23.0 Å². The molecular formula is C28H31BrClF3N8O3. The molecule has 3 fully saturated rings. The first-order valence-electron chi connectivity index (χ1n) is 14.0. The minimum atomic E-state index is -4.67. The van der Waals surface area contributed by atoms with Crippen LogP contribution >= 0.6 is 28.3 Å². The molecule has 16 heteroatoms. The fourth-order valence-corrected chi connectivity index (χ4v) is 6.65. The first kappa shape index (κ1) is 32.0. The van der Waals surface area contributed by atoms with Gasteiger partial charge in [-0.2, -0.15) is 18.3 Å². The SMILES string of the molecule is CCn1cc(-c2cnc(C(=O)Nc3ccc(C(=O)N4CCN(C(=O)C5[C@H]6CNC[C@@H]56)CC4)c(Br)c3)n2C)c(C(F)(F)F)n1.Cl. The fourth-order valence-electron chi connectivity index (χ4n) is 6.10. The zero-order valence-corrected chi connectivity index (χ0v) is 26.3. The molecule has 44 heavy (non-hydrogen) atoms. The topological polar surface area (TPSA) is 117 Å². The molecule has 4 heterocycles. The van der Waals surface area contributed by atoms with Gasteiger partial charge in [0.1, 0.15) is 0 Å². The Balaban J connectivity index is 0.00000384. The summed E-state index contributed by atoms with van der Waals surface area (Å²) in [6, 6.07) is 4.75. The number of piperazine rings is 1. The predicted octanol–water partition coefficient (Wildman–Crippen LogP) is 3.51. The summed E-state index contributed by atoms with van der Waals surface area (Å²) >= 11 is 3.43. The van der Waals surface area contributed by atoms with Gasteiger partial charge in [-0.1, -0.05) is 0 Å². The number of hydrogen-bond donors (Lipinski definition) is 2. The minimum Gasteiger partial charge on any atom is -0.339 e. The highest BCUT2D eigenvalue weighted by Crippen LogP contribution is 2.49. The third-order valence-electron chi connectivity index (χ3n) is 8.53. The summed E-state index contributed by atoms with van der Waals surface area (Å²) < 4.78 is 43.7. The molecule has 11 nitrogen and oxygen atoms in total. The summed E-state index contributed by atoms with van der Waals surface area (Å²) in [6.07, 6.45) is -2.19. The number of aryl methyl sites for hydroxylation is 1. The van der Waals surface area contributed by atoms with Crippen molar-refractivity contribution in [1.82, 2.24) is 34.4 Å². The van der Waals surface area contributed by atoms with E-state index in [0.717, 1.165) is 13.1 Å². The van der Waals surface area contributed by atoms with Gasteiger partial charge in [0.2, 0.25) is 5.91 Å². The number of nitrogens with one attached hydrogen (secondary N) is 2. The average molecular weight is 700 g/mol. The molecule has 2 N–H and O–H groups in total. The molecular weight excluding hydrogens is 669 g/mol. The number of carbonyl (C=O) groups is 3. The standard InChI is InChI=1S/C28H30BrF3N8O3.ClH/c1-3-40-14-19(23(36-40)28(30,31)32)21-13-34-24(37(21)2)25(41)35-15-4-5-16(20(29)10-15)26(42)38-6-8-39(9-7-38)27(43)22-17-11-33-12-18(17)22;/h4-5,10,13-14,17-18,22,33H,3,6-9,11-12H2,1-2H3,(H,35,41);1H/t17-,18+,22?;. The van der Waals surface area contributed by atoms with Crippen molar-refractivity contribution in [2.45, 2.75) is 19.6 Å². The van der Waals surface area contributed by atoms with Crippen LogP contribution in [0.2, 0.25) is 0 Å². The quantitative estimate of drug-likeness (QED) is 0.407. The largest absolute Gasteiger partial charge is 0.435 e. The number of halogens is 5. The average Bonchev–Trinajstić information content (AvgIpc) is 3.37. The molecule has 3 amide bonds. The lowest BCUT2D eigenvalue weighted by Gasteiger charge is -2.35. The van der Waals surface area contributed by atoms with Crippen LogP contribution in [0.15, 0.2) is 35.1 Å². The minimum absolute atomic E-state index is 0. The number of fused-ring (bicyclic) bond motifs is 1. The number of anilines is 1. The number of benzene rings is 1. The molecule has 236 valence electrons. The lowest BCUT2D eigenvalue weighted by molar-refractivity contribution is -0.141. The van der Waals surface area contributed by atoms with Gasteiger partial charge < -0.3 is 25.0 Å². The van der Waals surface area contributed by atoms with E-state index >= 15 is 0 Å². The highest BCUT2D eigenvalue weighted by molar-refractivity contribution is 9.10. The van der Waals surface area contributed by atoms with Gasteiger partial charge in [-0.05, 0) is 66.0 Å². The Labute approximate surface area is 265 Å². The lowest BCUT2D eigenvalue weighted by Crippen LogP contribution is -2.51. The fraction of sp³-hybridized carbons (Fsp3) is 0.464. The number of alkyl halides is 3. The van der Waals surface area contributed by atoms with Crippen LogP contribution in [0.5, 0.6) is 0 Å². The van der Waals surface area contributed by atoms with Crippen molar-refractivity contribution in [3.63, 3.8) is 0 Å². The second kappa shape index (κ2) is 12.2. The number of amides is 3. The summed E-state index contributed by atoms with van der Waals surface area (Å²) in [5, 5.41) is 9.63. The van der Waals surface area contributed by atoms with Crippen LogP contribution in [0.3, 0.4) is 0 Å². The predicted molar refractivity (Wildman–Crippen MR) is 160 cm³/mol. The molecule has 3 aliphatic rings.